The molecule has 2 saturated carbocycles. The van der Waals surface area contributed by atoms with E-state index in [-0.39, 0.29) is 23.7 Å². The van der Waals surface area contributed by atoms with Crippen molar-refractivity contribution < 1.29 is 9.59 Å². The fourth-order valence-corrected chi connectivity index (χ4v) is 3.98. The Labute approximate surface area is 116 Å². The smallest absolute Gasteiger partial charge is 0.229 e. The zero-order valence-corrected chi connectivity index (χ0v) is 11.8. The molecule has 1 amide bonds. The highest BCUT2D eigenvalue weighted by Crippen LogP contribution is 2.40. The largest absolute Gasteiger partial charge is 0.302 e. The molecule has 0 radical (unpaired) electrons. The van der Waals surface area contributed by atoms with Crippen molar-refractivity contribution in [1.29, 1.82) is 0 Å². The van der Waals surface area contributed by atoms with E-state index in [2.05, 4.69) is 10.3 Å². The number of carbonyl (C=O) groups is 2. The number of thiazole rings is 1. The maximum atomic E-state index is 12.3. The van der Waals surface area contributed by atoms with Gasteiger partial charge >= 0.3 is 0 Å². The van der Waals surface area contributed by atoms with Gasteiger partial charge in [0, 0.05) is 28.8 Å². The molecule has 2 aliphatic rings. The average Bonchev–Trinajstić information content (AvgIpc) is 2.74. The molecule has 2 aliphatic carbocycles. The maximum Gasteiger partial charge on any atom is 0.229 e. The van der Waals surface area contributed by atoms with Crippen LogP contribution in [0.5, 0.6) is 0 Å². The van der Waals surface area contributed by atoms with Gasteiger partial charge in [-0.1, -0.05) is 6.42 Å². The first kappa shape index (κ1) is 12.8. The summed E-state index contributed by atoms with van der Waals surface area (Å²) >= 11 is 1.49. The molecule has 2 fully saturated rings. The Balaban J connectivity index is 1.66. The van der Waals surface area contributed by atoms with Gasteiger partial charge in [-0.2, -0.15) is 0 Å². The third-order valence-electron chi connectivity index (χ3n) is 4.27. The van der Waals surface area contributed by atoms with Crippen molar-refractivity contribution in [2.75, 3.05) is 5.32 Å². The van der Waals surface area contributed by atoms with Crippen LogP contribution in [0.25, 0.3) is 0 Å². The molecule has 2 atom stereocenters. The molecular weight excluding hydrogens is 260 g/mol. The van der Waals surface area contributed by atoms with E-state index in [1.54, 1.807) is 6.20 Å². The summed E-state index contributed by atoms with van der Waals surface area (Å²) in [6.07, 6.45) is 6.29. The second-order valence-electron chi connectivity index (χ2n) is 5.66. The lowest BCUT2D eigenvalue weighted by atomic mass is 9.67. The van der Waals surface area contributed by atoms with Gasteiger partial charge in [-0.25, -0.2) is 4.98 Å². The second-order valence-corrected chi connectivity index (χ2v) is 6.90. The van der Waals surface area contributed by atoms with Crippen LogP contribution >= 0.6 is 11.3 Å². The van der Waals surface area contributed by atoms with Crippen molar-refractivity contribution in [3.05, 3.63) is 11.1 Å². The zero-order chi connectivity index (χ0) is 13.4. The van der Waals surface area contributed by atoms with Gasteiger partial charge in [-0.05, 0) is 32.6 Å². The third kappa shape index (κ3) is 2.56. The Morgan fingerprint density at radius 1 is 1.37 bits per heavy atom. The quantitative estimate of drug-likeness (QED) is 0.905. The average molecular weight is 278 g/mol. The number of ketones is 1. The molecule has 0 spiro atoms. The summed E-state index contributed by atoms with van der Waals surface area (Å²) in [6.45, 7) is 1.97. The topological polar surface area (TPSA) is 59.1 Å². The summed E-state index contributed by atoms with van der Waals surface area (Å²) < 4.78 is 0. The number of carbonyl (C=O) groups excluding carboxylic acids is 2. The molecule has 102 valence electrons. The van der Waals surface area contributed by atoms with E-state index < -0.39 is 0 Å². The normalized spacial score (nSPS) is 30.2. The highest BCUT2D eigenvalue weighted by Gasteiger charge is 2.41. The third-order valence-corrected chi connectivity index (χ3v) is 5.10. The summed E-state index contributed by atoms with van der Waals surface area (Å²) in [7, 11) is 0. The summed E-state index contributed by atoms with van der Waals surface area (Å²) in [4.78, 5) is 29.5. The molecule has 0 aliphatic heterocycles. The number of amides is 1. The predicted octanol–water partition coefficient (Wildman–Crippen LogP) is 2.79. The van der Waals surface area contributed by atoms with Crippen LogP contribution in [0.1, 0.15) is 37.0 Å². The lowest BCUT2D eigenvalue weighted by Crippen LogP contribution is -2.40. The van der Waals surface area contributed by atoms with E-state index >= 15 is 0 Å². The number of aromatic nitrogens is 1. The molecule has 5 heteroatoms. The number of hydrogen-bond donors (Lipinski definition) is 1. The molecular formula is C14H18N2O2S. The van der Waals surface area contributed by atoms with E-state index in [4.69, 9.17) is 0 Å². The van der Waals surface area contributed by atoms with Crippen LogP contribution in [0.2, 0.25) is 0 Å². The number of rotatable bonds is 2. The first-order valence-electron chi connectivity index (χ1n) is 6.90. The number of anilines is 1. The fourth-order valence-electron chi connectivity index (χ4n) is 3.31. The summed E-state index contributed by atoms with van der Waals surface area (Å²) in [5.74, 6) is 0.680. The van der Waals surface area contributed by atoms with E-state index in [1.807, 2.05) is 6.92 Å². The Hall–Kier alpha value is -1.23. The van der Waals surface area contributed by atoms with Gasteiger partial charge < -0.3 is 5.32 Å². The van der Waals surface area contributed by atoms with Crippen LogP contribution in [0.3, 0.4) is 0 Å². The van der Waals surface area contributed by atoms with Crippen LogP contribution in [0.15, 0.2) is 6.20 Å². The van der Waals surface area contributed by atoms with Gasteiger partial charge in [-0.15, -0.1) is 11.3 Å². The standard InChI is InChI=1S/C14H18N2O2S/c1-8-7-15-14(19-8)16-13(18)11-5-9-3-2-4-10(6-11)12(9)17/h7,9-11H,2-6H2,1H3,(H,15,16,18). The van der Waals surface area contributed by atoms with Crippen LogP contribution < -0.4 is 5.32 Å². The summed E-state index contributed by atoms with van der Waals surface area (Å²) in [5.41, 5.74) is 0. The minimum atomic E-state index is -0.0165. The van der Waals surface area contributed by atoms with Crippen LogP contribution in [-0.4, -0.2) is 16.7 Å². The molecule has 1 heterocycles. The Bertz CT molecular complexity index is 495. The first-order chi connectivity index (χ1) is 9.13. The second kappa shape index (κ2) is 5.04. The van der Waals surface area contributed by atoms with Gasteiger partial charge in [0.05, 0.1) is 0 Å². The fraction of sp³-hybridized carbons (Fsp3) is 0.643. The number of fused-ring (bicyclic) bond motifs is 2. The SMILES string of the molecule is Cc1cnc(NC(=O)C2CC3CCCC(C2)C3=O)s1. The molecule has 1 aromatic rings. The molecule has 3 rings (SSSR count). The summed E-state index contributed by atoms with van der Waals surface area (Å²) in [5, 5.41) is 3.56. The van der Waals surface area contributed by atoms with Gasteiger partial charge in [0.2, 0.25) is 5.91 Å². The highest BCUT2D eigenvalue weighted by atomic mass is 32.1. The molecule has 4 nitrogen and oxygen atoms in total. The van der Waals surface area contributed by atoms with Gasteiger partial charge in [-0.3, -0.25) is 9.59 Å². The van der Waals surface area contributed by atoms with E-state index in [9.17, 15) is 9.59 Å². The van der Waals surface area contributed by atoms with Crippen molar-refractivity contribution >= 4 is 28.2 Å². The molecule has 0 aromatic carbocycles. The Morgan fingerprint density at radius 3 is 2.63 bits per heavy atom. The van der Waals surface area contributed by atoms with Crippen LogP contribution in [0.4, 0.5) is 5.13 Å². The van der Waals surface area contributed by atoms with Crippen molar-refractivity contribution in [2.45, 2.75) is 39.0 Å². The number of hydrogen-bond acceptors (Lipinski definition) is 4. The summed E-state index contributed by atoms with van der Waals surface area (Å²) in [6, 6.07) is 0. The lowest BCUT2D eigenvalue weighted by molar-refractivity contribution is -0.136. The van der Waals surface area contributed by atoms with E-state index in [0.717, 1.165) is 37.0 Å². The maximum absolute atomic E-state index is 12.3. The van der Waals surface area contributed by atoms with Gasteiger partial charge in [0.15, 0.2) is 5.13 Å². The molecule has 1 N–H and O–H groups in total. The molecule has 19 heavy (non-hydrogen) atoms. The lowest BCUT2D eigenvalue weighted by Gasteiger charge is -2.36. The number of Topliss-reactive ketones (excluding diaryl/α,β-unsaturated/α-hetero) is 1. The minimum Gasteiger partial charge on any atom is -0.302 e. The molecule has 1 aromatic heterocycles. The Kier molecular flexibility index (Phi) is 3.39. The van der Waals surface area contributed by atoms with E-state index in [0.29, 0.717) is 10.9 Å². The van der Waals surface area contributed by atoms with Crippen LogP contribution in [-0.2, 0) is 9.59 Å². The minimum absolute atomic E-state index is 0.0165. The van der Waals surface area contributed by atoms with Crippen molar-refractivity contribution in [2.24, 2.45) is 17.8 Å². The number of aryl methyl sites for hydroxylation is 1. The molecule has 2 bridgehead atoms. The van der Waals surface area contributed by atoms with Crippen molar-refractivity contribution in [3.8, 4) is 0 Å². The van der Waals surface area contributed by atoms with Gasteiger partial charge in [0.1, 0.15) is 5.78 Å². The van der Waals surface area contributed by atoms with Crippen molar-refractivity contribution in [1.82, 2.24) is 4.98 Å². The van der Waals surface area contributed by atoms with Crippen LogP contribution in [0, 0.1) is 24.7 Å². The first-order valence-corrected chi connectivity index (χ1v) is 7.72. The van der Waals surface area contributed by atoms with E-state index in [1.165, 1.54) is 11.3 Å². The highest BCUT2D eigenvalue weighted by molar-refractivity contribution is 7.15. The van der Waals surface area contributed by atoms with Gasteiger partial charge in [0.25, 0.3) is 0 Å². The number of nitrogens with zero attached hydrogens (tertiary/aromatic N) is 1. The monoisotopic (exact) mass is 278 g/mol. The predicted molar refractivity (Wildman–Crippen MR) is 74.0 cm³/mol. The molecule has 0 saturated heterocycles. The zero-order valence-electron chi connectivity index (χ0n) is 11.0. The van der Waals surface area contributed by atoms with Crippen molar-refractivity contribution in [3.63, 3.8) is 0 Å². The Morgan fingerprint density at radius 2 is 2.05 bits per heavy atom. The molecule has 2 unspecified atom stereocenters. The number of nitrogens with one attached hydrogen (secondary N) is 1.